The molecule has 2 aliphatic carbocycles. The van der Waals surface area contributed by atoms with Crippen LogP contribution in [0.4, 0.5) is 0 Å². The van der Waals surface area contributed by atoms with E-state index in [1.54, 1.807) is 11.3 Å². The predicted molar refractivity (Wildman–Crippen MR) is 144 cm³/mol. The van der Waals surface area contributed by atoms with Gasteiger partial charge in [-0.15, -0.1) is 22.7 Å². The van der Waals surface area contributed by atoms with E-state index in [2.05, 4.69) is 26.0 Å². The molecular formula is C29H44O2S2. The molecule has 184 valence electrons. The minimum Gasteiger partial charge on any atom is -0.458 e. The second-order valence-electron chi connectivity index (χ2n) is 10.7. The number of rotatable bonds is 11. The van der Waals surface area contributed by atoms with Crippen LogP contribution in [-0.2, 0) is 11.2 Å². The molecule has 2 fully saturated rings. The highest BCUT2D eigenvalue weighted by Crippen LogP contribution is 2.42. The molecular weight excluding hydrogens is 444 g/mol. The third kappa shape index (κ3) is 7.07. The first-order chi connectivity index (χ1) is 16.2. The van der Waals surface area contributed by atoms with Crippen LogP contribution in [0.15, 0.2) is 12.1 Å². The van der Waals surface area contributed by atoms with Crippen LogP contribution in [0.25, 0.3) is 9.40 Å². The van der Waals surface area contributed by atoms with Gasteiger partial charge >= 0.3 is 5.97 Å². The zero-order chi connectivity index (χ0) is 23.0. The van der Waals surface area contributed by atoms with Gasteiger partial charge in [-0.05, 0) is 74.8 Å². The maximum atomic E-state index is 12.7. The maximum absolute atomic E-state index is 12.7. The van der Waals surface area contributed by atoms with Gasteiger partial charge in [-0.2, -0.15) is 0 Å². The maximum Gasteiger partial charge on any atom is 0.348 e. The lowest BCUT2D eigenvalue weighted by molar-refractivity contribution is 0.0114. The Labute approximate surface area is 209 Å². The molecule has 0 radical (unpaired) electrons. The lowest BCUT2D eigenvalue weighted by Crippen LogP contribution is -2.29. The van der Waals surface area contributed by atoms with Gasteiger partial charge in [-0.25, -0.2) is 4.79 Å². The van der Waals surface area contributed by atoms with E-state index in [4.69, 9.17) is 4.74 Å². The van der Waals surface area contributed by atoms with E-state index in [9.17, 15) is 4.79 Å². The van der Waals surface area contributed by atoms with E-state index in [0.717, 1.165) is 41.9 Å². The summed E-state index contributed by atoms with van der Waals surface area (Å²) in [7, 11) is 0. The molecule has 4 rings (SSSR count). The largest absolute Gasteiger partial charge is 0.458 e. The molecule has 0 atom stereocenters. The molecule has 0 aromatic carbocycles. The molecule has 33 heavy (non-hydrogen) atoms. The molecule has 4 heteroatoms. The van der Waals surface area contributed by atoms with Gasteiger partial charge in [0.1, 0.15) is 11.0 Å². The number of carbonyl (C=O) groups excluding carboxylic acids is 1. The summed E-state index contributed by atoms with van der Waals surface area (Å²) in [5.74, 6) is 2.70. The van der Waals surface area contributed by atoms with Gasteiger partial charge in [-0.3, -0.25) is 0 Å². The van der Waals surface area contributed by atoms with Crippen molar-refractivity contribution in [1.29, 1.82) is 0 Å². The van der Waals surface area contributed by atoms with Gasteiger partial charge in [0.25, 0.3) is 0 Å². The van der Waals surface area contributed by atoms with Gasteiger partial charge in [0.15, 0.2) is 0 Å². The van der Waals surface area contributed by atoms with Crippen LogP contribution >= 0.6 is 22.7 Å². The highest BCUT2D eigenvalue weighted by molar-refractivity contribution is 7.28. The van der Waals surface area contributed by atoms with Crippen molar-refractivity contribution in [3.05, 3.63) is 21.9 Å². The van der Waals surface area contributed by atoms with E-state index >= 15 is 0 Å². The van der Waals surface area contributed by atoms with E-state index in [0.29, 0.717) is 0 Å². The molecule has 2 aromatic heterocycles. The van der Waals surface area contributed by atoms with Gasteiger partial charge in [0.05, 0.1) is 0 Å². The summed E-state index contributed by atoms with van der Waals surface area (Å²) < 4.78 is 8.45. The number of ether oxygens (including phenoxy) is 1. The number of hydrogen-bond acceptors (Lipinski definition) is 4. The summed E-state index contributed by atoms with van der Waals surface area (Å²) in [5.41, 5.74) is 0. The molecule has 2 heterocycles. The smallest absolute Gasteiger partial charge is 0.348 e. The van der Waals surface area contributed by atoms with Crippen molar-refractivity contribution in [1.82, 2.24) is 0 Å². The molecule has 0 spiro atoms. The minimum absolute atomic E-state index is 0.0941. The first-order valence-electron chi connectivity index (χ1n) is 13.9. The van der Waals surface area contributed by atoms with Crippen molar-refractivity contribution in [2.45, 2.75) is 123 Å². The first kappa shape index (κ1) is 25.2. The Morgan fingerprint density at radius 1 is 0.818 bits per heavy atom. The zero-order valence-corrected chi connectivity index (χ0v) is 22.5. The summed E-state index contributed by atoms with van der Waals surface area (Å²) in [5, 5.41) is 0. The fourth-order valence-electron chi connectivity index (χ4n) is 6.23. The summed E-state index contributed by atoms with van der Waals surface area (Å²) >= 11 is 3.44. The van der Waals surface area contributed by atoms with E-state index in [1.165, 1.54) is 97.7 Å². The Kier molecular flexibility index (Phi) is 9.73. The topological polar surface area (TPSA) is 26.3 Å². The minimum atomic E-state index is -0.0941. The number of unbranched alkanes of at least 4 members (excludes halogenated alkanes) is 4. The molecule has 2 nitrogen and oxygen atoms in total. The number of hydrogen-bond donors (Lipinski definition) is 0. The van der Waals surface area contributed by atoms with E-state index < -0.39 is 0 Å². The Morgan fingerprint density at radius 2 is 1.48 bits per heavy atom. The average Bonchev–Trinajstić information content (AvgIpc) is 3.39. The Hall–Kier alpha value is -0.870. The second-order valence-corrected chi connectivity index (χ2v) is 13.0. The quantitative estimate of drug-likeness (QED) is 0.232. The van der Waals surface area contributed by atoms with Crippen LogP contribution in [0.3, 0.4) is 0 Å². The van der Waals surface area contributed by atoms with E-state index in [1.807, 2.05) is 11.3 Å². The van der Waals surface area contributed by atoms with Crippen molar-refractivity contribution in [2.75, 3.05) is 0 Å². The summed E-state index contributed by atoms with van der Waals surface area (Å²) in [6.07, 6.45) is 21.4. The van der Waals surface area contributed by atoms with Gasteiger partial charge in [0, 0.05) is 14.3 Å². The van der Waals surface area contributed by atoms with Crippen LogP contribution in [0.2, 0.25) is 0 Å². The highest BCUT2D eigenvalue weighted by Gasteiger charge is 2.32. The van der Waals surface area contributed by atoms with Crippen LogP contribution in [0.5, 0.6) is 0 Å². The zero-order valence-electron chi connectivity index (χ0n) is 20.9. The van der Waals surface area contributed by atoms with Crippen LogP contribution in [-0.4, -0.2) is 12.1 Å². The molecule has 0 saturated heterocycles. The van der Waals surface area contributed by atoms with E-state index in [-0.39, 0.29) is 12.1 Å². The number of carbonyl (C=O) groups is 1. The number of esters is 1. The number of thiophene rings is 2. The monoisotopic (exact) mass is 488 g/mol. The Bertz CT molecular complexity index is 819. The van der Waals surface area contributed by atoms with Crippen molar-refractivity contribution >= 4 is 38.0 Å². The standard InChI is InChI=1S/C29H44O2S2/c1-3-5-6-7-8-10-21-11-13-22(14-12-21)23-15-17-24(18-16-23)31-29(30)28-20-27-26(33-28)19-25(32-27)9-4-2/h19-24H,3-18H2,1-2H3/t21-,22-,23-,24-. The summed E-state index contributed by atoms with van der Waals surface area (Å²) in [4.78, 5) is 15.0. The third-order valence-electron chi connectivity index (χ3n) is 8.22. The molecule has 0 aliphatic heterocycles. The lowest BCUT2D eigenvalue weighted by Gasteiger charge is -2.37. The molecule has 2 aromatic rings. The Balaban J connectivity index is 1.15. The molecule has 2 aliphatic rings. The molecule has 0 bridgehead atoms. The van der Waals surface area contributed by atoms with Crippen LogP contribution in [0.1, 0.15) is 125 Å². The van der Waals surface area contributed by atoms with Crippen molar-refractivity contribution < 1.29 is 9.53 Å². The third-order valence-corrected chi connectivity index (χ3v) is 10.6. The number of fused-ring (bicyclic) bond motifs is 1. The van der Waals surface area contributed by atoms with Crippen LogP contribution < -0.4 is 0 Å². The first-order valence-corrected chi connectivity index (χ1v) is 15.5. The van der Waals surface area contributed by atoms with Crippen molar-refractivity contribution in [2.24, 2.45) is 17.8 Å². The number of aryl methyl sites for hydroxylation is 1. The van der Waals surface area contributed by atoms with Gasteiger partial charge in [0.2, 0.25) is 0 Å². The van der Waals surface area contributed by atoms with Gasteiger partial charge < -0.3 is 4.74 Å². The highest BCUT2D eigenvalue weighted by atomic mass is 32.1. The summed E-state index contributed by atoms with van der Waals surface area (Å²) in [6, 6.07) is 4.32. The molecule has 0 amide bonds. The Morgan fingerprint density at radius 3 is 2.15 bits per heavy atom. The second kappa shape index (κ2) is 12.7. The normalized spacial score (nSPS) is 26.0. The predicted octanol–water partition coefficient (Wildman–Crippen LogP) is 9.80. The lowest BCUT2D eigenvalue weighted by atomic mass is 9.70. The van der Waals surface area contributed by atoms with Crippen molar-refractivity contribution in [3.63, 3.8) is 0 Å². The summed E-state index contributed by atoms with van der Waals surface area (Å²) in [6.45, 7) is 4.51. The fourth-order valence-corrected chi connectivity index (χ4v) is 8.63. The van der Waals surface area contributed by atoms with Gasteiger partial charge in [-0.1, -0.05) is 71.6 Å². The fraction of sp³-hybridized carbons (Fsp3) is 0.759. The average molecular weight is 489 g/mol. The van der Waals surface area contributed by atoms with Crippen molar-refractivity contribution in [3.8, 4) is 0 Å². The molecule has 0 N–H and O–H groups in total. The SMILES string of the molecule is CCCCCCC[C@H]1CC[C@H]([C@H]2CC[C@H](OC(=O)c3cc4sc(CCC)cc4s3)CC2)CC1. The molecule has 2 saturated carbocycles. The molecule has 0 unspecified atom stereocenters. The van der Waals surface area contributed by atoms with Crippen LogP contribution in [0, 0.1) is 17.8 Å².